The van der Waals surface area contributed by atoms with Gasteiger partial charge in [-0.2, -0.15) is 0 Å². The molecule has 0 aliphatic carbocycles. The van der Waals surface area contributed by atoms with Gasteiger partial charge in [0.1, 0.15) is 5.75 Å². The van der Waals surface area contributed by atoms with Crippen molar-refractivity contribution in [1.29, 1.82) is 0 Å². The number of hydrogen-bond acceptors (Lipinski definition) is 5. The molecule has 0 unspecified atom stereocenters. The maximum absolute atomic E-state index is 5.22. The zero-order valence-electron chi connectivity index (χ0n) is 18.9. The van der Waals surface area contributed by atoms with Crippen LogP contribution in [0.2, 0.25) is 0 Å². The molecule has 0 amide bonds. The van der Waals surface area contributed by atoms with Crippen molar-refractivity contribution in [2.24, 2.45) is 10.9 Å². The summed E-state index contributed by atoms with van der Waals surface area (Å²) >= 11 is 1.79. The molecule has 0 radical (unpaired) electrons. The summed E-state index contributed by atoms with van der Waals surface area (Å²) < 4.78 is 5.22. The van der Waals surface area contributed by atoms with Crippen LogP contribution in [0.25, 0.3) is 0 Å². The molecule has 1 aromatic heterocycles. The Labute approximate surface area is 207 Å². The summed E-state index contributed by atoms with van der Waals surface area (Å²) in [5.74, 6) is 2.46. The van der Waals surface area contributed by atoms with Crippen LogP contribution in [-0.2, 0) is 19.5 Å². The maximum atomic E-state index is 5.22. The van der Waals surface area contributed by atoms with Gasteiger partial charge in [-0.05, 0) is 62.9 Å². The molecule has 1 fully saturated rings. The fraction of sp³-hybridized carbons (Fsp3) is 0.565. The lowest BCUT2D eigenvalue weighted by Crippen LogP contribution is -2.42. The number of benzene rings is 1. The third-order valence-electron chi connectivity index (χ3n) is 5.48. The van der Waals surface area contributed by atoms with Crippen LogP contribution in [0.4, 0.5) is 0 Å². The fourth-order valence-electron chi connectivity index (χ4n) is 3.65. The van der Waals surface area contributed by atoms with E-state index in [-0.39, 0.29) is 24.0 Å². The SMILES string of the molecule is CCNC(=NCc1ccc(OC)cc1)NCC1CCN(Cc2csc(CC)n2)CC1.I. The van der Waals surface area contributed by atoms with Gasteiger partial charge in [-0.25, -0.2) is 9.98 Å². The third kappa shape index (κ3) is 8.57. The molecule has 1 aromatic carbocycles. The first-order valence-corrected chi connectivity index (χ1v) is 11.9. The number of rotatable bonds is 9. The molecule has 1 aliphatic rings. The van der Waals surface area contributed by atoms with Crippen LogP contribution >= 0.6 is 35.3 Å². The molecule has 6 nitrogen and oxygen atoms in total. The second-order valence-electron chi connectivity index (χ2n) is 7.73. The van der Waals surface area contributed by atoms with Crippen LogP contribution in [0.15, 0.2) is 34.6 Å². The van der Waals surface area contributed by atoms with Gasteiger partial charge in [-0.15, -0.1) is 35.3 Å². The highest BCUT2D eigenvalue weighted by molar-refractivity contribution is 14.0. The second kappa shape index (κ2) is 13.9. The van der Waals surface area contributed by atoms with Crippen LogP contribution < -0.4 is 15.4 Å². The van der Waals surface area contributed by atoms with Gasteiger partial charge < -0.3 is 15.4 Å². The number of nitrogens with one attached hydrogen (secondary N) is 2. The van der Waals surface area contributed by atoms with E-state index in [4.69, 9.17) is 14.7 Å². The molecule has 2 heterocycles. The molecular weight excluding hydrogens is 521 g/mol. The molecule has 0 spiro atoms. The number of aromatic nitrogens is 1. The zero-order valence-corrected chi connectivity index (χ0v) is 22.0. The van der Waals surface area contributed by atoms with Crippen molar-refractivity contribution >= 4 is 41.3 Å². The summed E-state index contributed by atoms with van der Waals surface area (Å²) in [6.45, 7) is 10.0. The maximum Gasteiger partial charge on any atom is 0.191 e. The lowest BCUT2D eigenvalue weighted by Gasteiger charge is -2.31. The van der Waals surface area contributed by atoms with Crippen LogP contribution in [0.5, 0.6) is 5.75 Å². The Balaban J connectivity index is 0.00000341. The lowest BCUT2D eigenvalue weighted by atomic mass is 9.97. The summed E-state index contributed by atoms with van der Waals surface area (Å²) in [6, 6.07) is 8.09. The van der Waals surface area contributed by atoms with Crippen LogP contribution in [0.3, 0.4) is 0 Å². The normalized spacial score (nSPS) is 15.4. The van der Waals surface area contributed by atoms with E-state index in [9.17, 15) is 0 Å². The minimum absolute atomic E-state index is 0. The summed E-state index contributed by atoms with van der Waals surface area (Å²) in [5.41, 5.74) is 2.41. The predicted octanol–water partition coefficient (Wildman–Crippen LogP) is 4.30. The molecule has 0 bridgehead atoms. The van der Waals surface area contributed by atoms with E-state index in [1.54, 1.807) is 18.4 Å². The highest BCUT2D eigenvalue weighted by atomic mass is 127. The highest BCUT2D eigenvalue weighted by Gasteiger charge is 2.20. The molecule has 2 aromatic rings. The number of thiazole rings is 1. The Morgan fingerprint density at radius 3 is 2.55 bits per heavy atom. The Morgan fingerprint density at radius 2 is 1.94 bits per heavy atom. The van der Waals surface area contributed by atoms with Crippen LogP contribution in [0, 0.1) is 5.92 Å². The van der Waals surface area contributed by atoms with Crippen molar-refractivity contribution in [3.63, 3.8) is 0 Å². The van der Waals surface area contributed by atoms with E-state index in [0.29, 0.717) is 12.5 Å². The summed E-state index contributed by atoms with van der Waals surface area (Å²) in [7, 11) is 1.69. The highest BCUT2D eigenvalue weighted by Crippen LogP contribution is 2.19. The average molecular weight is 558 g/mol. The number of aryl methyl sites for hydroxylation is 1. The predicted molar refractivity (Wildman–Crippen MR) is 141 cm³/mol. The smallest absolute Gasteiger partial charge is 0.191 e. The lowest BCUT2D eigenvalue weighted by molar-refractivity contribution is 0.176. The van der Waals surface area contributed by atoms with Gasteiger partial charge in [-0.3, -0.25) is 4.90 Å². The topological polar surface area (TPSA) is 61.8 Å². The first kappa shape index (κ1) is 25.9. The minimum Gasteiger partial charge on any atom is -0.497 e. The number of hydrogen-bond donors (Lipinski definition) is 2. The average Bonchev–Trinajstić information content (AvgIpc) is 3.24. The van der Waals surface area contributed by atoms with E-state index in [0.717, 1.165) is 50.9 Å². The number of halogens is 1. The molecule has 31 heavy (non-hydrogen) atoms. The molecule has 172 valence electrons. The van der Waals surface area contributed by atoms with Crippen molar-refractivity contribution in [3.8, 4) is 5.75 Å². The molecule has 0 saturated carbocycles. The van der Waals surface area contributed by atoms with E-state index in [2.05, 4.69) is 46.9 Å². The van der Waals surface area contributed by atoms with E-state index in [1.807, 2.05) is 12.1 Å². The molecule has 3 rings (SSSR count). The van der Waals surface area contributed by atoms with Gasteiger partial charge in [0.25, 0.3) is 0 Å². The first-order valence-electron chi connectivity index (χ1n) is 11.0. The summed E-state index contributed by atoms with van der Waals surface area (Å²) in [5, 5.41) is 10.4. The second-order valence-corrected chi connectivity index (χ2v) is 8.67. The molecule has 0 atom stereocenters. The van der Waals surface area contributed by atoms with E-state index in [1.165, 1.54) is 29.1 Å². The molecular formula is C23H36IN5OS. The molecule has 1 saturated heterocycles. The number of aliphatic imine (C=N–C) groups is 1. The number of guanidine groups is 1. The fourth-order valence-corrected chi connectivity index (χ4v) is 4.38. The Kier molecular flexibility index (Phi) is 11.6. The standard InChI is InChI=1S/C23H35N5OS.HI/c1-4-22-27-20(17-30-22)16-28-12-10-19(11-13-28)15-26-23(24-5-2)25-14-18-6-8-21(29-3)9-7-18;/h6-9,17,19H,4-5,10-16H2,1-3H3,(H2,24,25,26);1H. The number of ether oxygens (including phenoxy) is 1. The molecule has 1 aliphatic heterocycles. The number of methoxy groups -OCH3 is 1. The van der Waals surface area contributed by atoms with Crippen molar-refractivity contribution < 1.29 is 4.74 Å². The number of likely N-dealkylation sites (tertiary alicyclic amines) is 1. The van der Waals surface area contributed by atoms with Gasteiger partial charge >= 0.3 is 0 Å². The first-order chi connectivity index (χ1) is 14.7. The van der Waals surface area contributed by atoms with Crippen molar-refractivity contribution in [2.45, 2.75) is 46.2 Å². The Hall–Kier alpha value is -1.39. The van der Waals surface area contributed by atoms with Crippen LogP contribution in [-0.4, -0.2) is 49.1 Å². The minimum atomic E-state index is 0. The van der Waals surface area contributed by atoms with Crippen molar-refractivity contribution in [1.82, 2.24) is 20.5 Å². The van der Waals surface area contributed by atoms with E-state index >= 15 is 0 Å². The van der Waals surface area contributed by atoms with E-state index < -0.39 is 0 Å². The summed E-state index contributed by atoms with van der Waals surface area (Å²) in [6.07, 6.45) is 3.47. The van der Waals surface area contributed by atoms with Gasteiger partial charge in [0.2, 0.25) is 0 Å². The quantitative estimate of drug-likeness (QED) is 0.274. The third-order valence-corrected chi connectivity index (χ3v) is 6.52. The largest absolute Gasteiger partial charge is 0.497 e. The summed E-state index contributed by atoms with van der Waals surface area (Å²) in [4.78, 5) is 12.0. The molecule has 2 N–H and O–H groups in total. The number of piperidine rings is 1. The Bertz CT molecular complexity index is 788. The zero-order chi connectivity index (χ0) is 21.2. The van der Waals surface area contributed by atoms with Gasteiger partial charge in [0, 0.05) is 25.0 Å². The van der Waals surface area contributed by atoms with Crippen LogP contribution in [0.1, 0.15) is 43.0 Å². The Morgan fingerprint density at radius 1 is 1.19 bits per heavy atom. The van der Waals surface area contributed by atoms with Crippen molar-refractivity contribution in [3.05, 3.63) is 45.9 Å². The van der Waals surface area contributed by atoms with Crippen molar-refractivity contribution in [2.75, 3.05) is 33.3 Å². The van der Waals surface area contributed by atoms with Gasteiger partial charge in [-0.1, -0.05) is 19.1 Å². The monoisotopic (exact) mass is 557 g/mol. The van der Waals surface area contributed by atoms with Gasteiger partial charge in [0.15, 0.2) is 5.96 Å². The number of nitrogens with zero attached hydrogens (tertiary/aromatic N) is 3. The molecule has 8 heteroatoms. The van der Waals surface area contributed by atoms with Gasteiger partial charge in [0.05, 0.1) is 24.4 Å².